The maximum Gasteiger partial charge on any atom is 0.337 e. The van der Waals surface area contributed by atoms with E-state index >= 15 is 0 Å². The first kappa shape index (κ1) is 11.5. The van der Waals surface area contributed by atoms with Crippen molar-refractivity contribution >= 4 is 26.7 Å². The number of benzene rings is 1. The maximum atomic E-state index is 11.6. The monoisotopic (exact) mass is 251 g/mol. The van der Waals surface area contributed by atoms with Crippen LogP contribution in [0.25, 0.3) is 10.9 Å². The zero-order valence-corrected chi connectivity index (χ0v) is 9.73. The Morgan fingerprint density at radius 1 is 1.29 bits per heavy atom. The lowest BCUT2D eigenvalue weighted by Crippen LogP contribution is -2.03. The van der Waals surface area contributed by atoms with E-state index in [0.717, 1.165) is 6.26 Å². The minimum absolute atomic E-state index is 0.00648. The highest BCUT2D eigenvalue weighted by Crippen LogP contribution is 2.24. The summed E-state index contributed by atoms with van der Waals surface area (Å²) in [6, 6.07) is 5.67. The van der Waals surface area contributed by atoms with E-state index in [4.69, 9.17) is 5.11 Å². The smallest absolute Gasteiger partial charge is 0.337 e. The molecule has 1 heterocycles. The highest BCUT2D eigenvalue weighted by atomic mass is 32.2. The lowest BCUT2D eigenvalue weighted by Gasteiger charge is -2.06. The summed E-state index contributed by atoms with van der Waals surface area (Å²) < 4.78 is 23.1. The number of aromatic nitrogens is 1. The lowest BCUT2D eigenvalue weighted by atomic mass is 10.1. The number of carbonyl (C=O) groups is 1. The van der Waals surface area contributed by atoms with Crippen LogP contribution in [0, 0.1) is 0 Å². The molecule has 0 spiro atoms. The molecule has 1 aromatic carbocycles. The van der Waals surface area contributed by atoms with Crippen LogP contribution in [0.4, 0.5) is 0 Å². The van der Waals surface area contributed by atoms with Crippen LogP contribution in [0.5, 0.6) is 0 Å². The molecule has 0 fully saturated rings. The summed E-state index contributed by atoms with van der Waals surface area (Å²) in [6.45, 7) is 0. The number of fused-ring (bicyclic) bond motifs is 1. The molecular formula is C11H9NO4S. The van der Waals surface area contributed by atoms with Crippen molar-refractivity contribution in [3.05, 3.63) is 36.0 Å². The van der Waals surface area contributed by atoms with E-state index in [-0.39, 0.29) is 16.0 Å². The van der Waals surface area contributed by atoms with Gasteiger partial charge in [0.1, 0.15) is 0 Å². The van der Waals surface area contributed by atoms with Crippen LogP contribution in [0.3, 0.4) is 0 Å². The Balaban J connectivity index is 2.95. The maximum absolute atomic E-state index is 11.6. The Morgan fingerprint density at radius 3 is 2.59 bits per heavy atom. The van der Waals surface area contributed by atoms with Gasteiger partial charge in [0.05, 0.1) is 16.0 Å². The molecule has 2 aromatic rings. The second kappa shape index (κ2) is 3.81. The van der Waals surface area contributed by atoms with Gasteiger partial charge in [0.2, 0.25) is 0 Å². The zero-order valence-electron chi connectivity index (χ0n) is 8.91. The van der Waals surface area contributed by atoms with Crippen LogP contribution < -0.4 is 0 Å². The fraction of sp³-hybridized carbons (Fsp3) is 0.0909. The number of aromatic carboxylic acids is 1. The van der Waals surface area contributed by atoms with E-state index in [1.165, 1.54) is 18.3 Å². The predicted octanol–water partition coefficient (Wildman–Crippen LogP) is 1.34. The number of pyridine rings is 1. The molecule has 5 nitrogen and oxygen atoms in total. The third kappa shape index (κ3) is 1.99. The van der Waals surface area contributed by atoms with E-state index in [9.17, 15) is 13.2 Å². The molecule has 0 bridgehead atoms. The summed E-state index contributed by atoms with van der Waals surface area (Å²) in [6.07, 6.45) is 2.51. The molecule has 2 rings (SSSR count). The Hall–Kier alpha value is -1.95. The second-order valence-corrected chi connectivity index (χ2v) is 5.57. The molecule has 0 unspecified atom stereocenters. The summed E-state index contributed by atoms with van der Waals surface area (Å²) in [5.74, 6) is -1.13. The molecule has 0 saturated carbocycles. The van der Waals surface area contributed by atoms with Crippen molar-refractivity contribution in [1.82, 2.24) is 4.98 Å². The minimum Gasteiger partial charge on any atom is -0.478 e. The highest BCUT2D eigenvalue weighted by molar-refractivity contribution is 7.91. The number of hydrogen-bond acceptors (Lipinski definition) is 4. The van der Waals surface area contributed by atoms with Gasteiger partial charge in [-0.05, 0) is 24.3 Å². The molecule has 17 heavy (non-hydrogen) atoms. The van der Waals surface area contributed by atoms with Gasteiger partial charge in [-0.3, -0.25) is 4.98 Å². The highest BCUT2D eigenvalue weighted by Gasteiger charge is 2.17. The van der Waals surface area contributed by atoms with Gasteiger partial charge in [0.25, 0.3) is 0 Å². The number of sulfone groups is 1. The fourth-order valence-electron chi connectivity index (χ4n) is 1.64. The van der Waals surface area contributed by atoms with Crippen LogP contribution in [-0.2, 0) is 9.84 Å². The van der Waals surface area contributed by atoms with Crippen LogP contribution in [0.1, 0.15) is 10.4 Å². The molecule has 0 aliphatic heterocycles. The number of carboxylic acids is 1. The Morgan fingerprint density at radius 2 is 2.00 bits per heavy atom. The van der Waals surface area contributed by atoms with Crippen molar-refractivity contribution in [2.75, 3.05) is 6.26 Å². The molecular weight excluding hydrogens is 242 g/mol. The van der Waals surface area contributed by atoms with Crippen molar-refractivity contribution in [2.24, 2.45) is 0 Å². The van der Waals surface area contributed by atoms with E-state index in [2.05, 4.69) is 4.98 Å². The minimum atomic E-state index is -3.40. The molecule has 1 N–H and O–H groups in total. The lowest BCUT2D eigenvalue weighted by molar-refractivity contribution is 0.0698. The number of carboxylic acid groups (broad SMARTS) is 1. The van der Waals surface area contributed by atoms with Crippen molar-refractivity contribution in [3.63, 3.8) is 0 Å². The number of hydrogen-bond donors (Lipinski definition) is 1. The van der Waals surface area contributed by atoms with Crippen LogP contribution >= 0.6 is 0 Å². The number of rotatable bonds is 2. The Bertz CT molecular complexity index is 706. The van der Waals surface area contributed by atoms with Gasteiger partial charge in [0.15, 0.2) is 9.84 Å². The van der Waals surface area contributed by atoms with Crippen molar-refractivity contribution < 1.29 is 18.3 Å². The topological polar surface area (TPSA) is 84.3 Å². The molecule has 0 radical (unpaired) electrons. The van der Waals surface area contributed by atoms with Gasteiger partial charge in [-0.1, -0.05) is 0 Å². The van der Waals surface area contributed by atoms with Gasteiger partial charge >= 0.3 is 5.97 Å². The van der Waals surface area contributed by atoms with E-state index in [1.54, 1.807) is 12.1 Å². The molecule has 0 atom stereocenters. The van der Waals surface area contributed by atoms with E-state index in [0.29, 0.717) is 5.39 Å². The summed E-state index contributed by atoms with van der Waals surface area (Å²) in [5.41, 5.74) is 0.177. The van der Waals surface area contributed by atoms with Gasteiger partial charge < -0.3 is 5.11 Å². The standard InChI is InChI=1S/C11H9NO4S/c1-17(15,16)9-5-4-8(11(13)14)10-7(9)3-2-6-12-10/h2-6H,1H3,(H,13,14). The average molecular weight is 251 g/mol. The second-order valence-electron chi connectivity index (χ2n) is 3.59. The molecule has 6 heteroatoms. The molecule has 1 aromatic heterocycles. The summed E-state index contributed by atoms with van der Waals surface area (Å²) in [5, 5.41) is 9.32. The molecule has 0 aliphatic carbocycles. The molecule has 0 saturated heterocycles. The third-order valence-corrected chi connectivity index (χ3v) is 3.51. The van der Waals surface area contributed by atoms with Crippen molar-refractivity contribution in [2.45, 2.75) is 4.90 Å². The van der Waals surface area contributed by atoms with Crippen LogP contribution in [-0.4, -0.2) is 30.7 Å². The first-order chi connectivity index (χ1) is 7.91. The quantitative estimate of drug-likeness (QED) is 0.870. The van der Waals surface area contributed by atoms with Gasteiger partial charge in [-0.15, -0.1) is 0 Å². The normalized spacial score (nSPS) is 11.6. The summed E-state index contributed by atoms with van der Waals surface area (Å²) in [7, 11) is -3.40. The third-order valence-electron chi connectivity index (χ3n) is 2.36. The largest absolute Gasteiger partial charge is 0.478 e. The van der Waals surface area contributed by atoms with E-state index in [1.807, 2.05) is 0 Å². The molecule has 0 aliphatic rings. The average Bonchev–Trinajstić information content (AvgIpc) is 2.26. The van der Waals surface area contributed by atoms with Crippen LogP contribution in [0.15, 0.2) is 35.4 Å². The van der Waals surface area contributed by atoms with Crippen LogP contribution in [0.2, 0.25) is 0 Å². The Labute approximate surface area is 97.6 Å². The summed E-state index contributed by atoms with van der Waals surface area (Å²) in [4.78, 5) is 15.0. The molecule has 88 valence electrons. The Kier molecular flexibility index (Phi) is 2.59. The SMILES string of the molecule is CS(=O)(=O)c1ccc(C(=O)O)c2ncccc12. The van der Waals surface area contributed by atoms with E-state index < -0.39 is 15.8 Å². The fourth-order valence-corrected chi connectivity index (χ4v) is 2.52. The first-order valence-electron chi connectivity index (χ1n) is 4.72. The summed E-state index contributed by atoms with van der Waals surface area (Å²) >= 11 is 0. The molecule has 0 amide bonds. The van der Waals surface area contributed by atoms with Crippen molar-refractivity contribution in [3.8, 4) is 0 Å². The van der Waals surface area contributed by atoms with Crippen molar-refractivity contribution in [1.29, 1.82) is 0 Å². The van der Waals surface area contributed by atoms with Gasteiger partial charge in [-0.2, -0.15) is 0 Å². The van der Waals surface area contributed by atoms with Gasteiger partial charge in [0, 0.05) is 17.8 Å². The predicted molar refractivity (Wildman–Crippen MR) is 61.8 cm³/mol. The first-order valence-corrected chi connectivity index (χ1v) is 6.61. The van der Waals surface area contributed by atoms with Gasteiger partial charge in [-0.25, -0.2) is 13.2 Å². The number of nitrogens with zero attached hydrogens (tertiary/aromatic N) is 1. The zero-order chi connectivity index (χ0) is 12.6.